The molecule has 2 N–H and O–H groups in total. The number of carbonyl (C=O) groups is 1. The lowest BCUT2D eigenvalue weighted by Crippen LogP contribution is -2.31. The number of carbonyl (C=O) groups excluding carboxylic acids is 1. The lowest BCUT2D eigenvalue weighted by Gasteiger charge is -2.23. The molecule has 0 spiro atoms. The van der Waals surface area contributed by atoms with Gasteiger partial charge in [0.2, 0.25) is 10.0 Å². The summed E-state index contributed by atoms with van der Waals surface area (Å²) in [5.41, 5.74) is 5.00. The molecule has 1 aliphatic heterocycles. The number of benzene rings is 1. The summed E-state index contributed by atoms with van der Waals surface area (Å²) in [6.45, 7) is 0.584. The molecule has 38 heavy (non-hydrogen) atoms. The van der Waals surface area contributed by atoms with E-state index in [1.54, 1.807) is 18.5 Å². The molecule has 1 saturated carbocycles. The van der Waals surface area contributed by atoms with Crippen molar-refractivity contribution in [3.63, 3.8) is 0 Å². The number of aromatic nitrogens is 2. The predicted molar refractivity (Wildman–Crippen MR) is 147 cm³/mol. The maximum absolute atomic E-state index is 13.3. The molecule has 1 aliphatic carbocycles. The number of pyridine rings is 2. The Kier molecular flexibility index (Phi) is 7.88. The van der Waals surface area contributed by atoms with Crippen molar-refractivity contribution < 1.29 is 18.3 Å². The fraction of sp³-hybridized carbons (Fsp3) is 0.414. The first-order valence-corrected chi connectivity index (χ1v) is 15.1. The molecular weight excluding hydrogens is 500 g/mol. The molecule has 8 nitrogen and oxygen atoms in total. The fourth-order valence-electron chi connectivity index (χ4n) is 5.73. The third-order valence-electron chi connectivity index (χ3n) is 7.62. The van der Waals surface area contributed by atoms with Crippen LogP contribution in [0, 0.1) is 5.92 Å². The summed E-state index contributed by atoms with van der Waals surface area (Å²) in [7, 11) is -3.56. The number of nitrogens with zero attached hydrogens (tertiary/aromatic N) is 3. The van der Waals surface area contributed by atoms with E-state index in [4.69, 9.17) is 4.98 Å². The number of aliphatic hydroxyl groups excluding tert-OH is 1. The summed E-state index contributed by atoms with van der Waals surface area (Å²) < 4.78 is 26.8. The summed E-state index contributed by atoms with van der Waals surface area (Å²) in [5, 5.41) is 12.9. The van der Waals surface area contributed by atoms with E-state index >= 15 is 0 Å². The monoisotopic (exact) mass is 534 g/mol. The van der Waals surface area contributed by atoms with Crippen LogP contribution in [0.3, 0.4) is 0 Å². The fourth-order valence-corrected chi connectivity index (χ4v) is 6.77. The van der Waals surface area contributed by atoms with Gasteiger partial charge in [-0.15, -0.1) is 0 Å². The Hall–Kier alpha value is -3.14. The van der Waals surface area contributed by atoms with Gasteiger partial charge in [0.05, 0.1) is 18.0 Å². The van der Waals surface area contributed by atoms with Gasteiger partial charge in [-0.05, 0) is 54.5 Å². The van der Waals surface area contributed by atoms with Gasteiger partial charge in [-0.3, -0.25) is 9.78 Å². The van der Waals surface area contributed by atoms with Crippen molar-refractivity contribution in [3.8, 4) is 22.4 Å². The molecule has 1 fully saturated rings. The van der Waals surface area contributed by atoms with E-state index < -0.39 is 16.1 Å². The van der Waals surface area contributed by atoms with Crippen LogP contribution in [0.25, 0.3) is 22.4 Å². The molecule has 5 rings (SSSR count). The van der Waals surface area contributed by atoms with Crippen molar-refractivity contribution in [2.75, 3.05) is 19.4 Å². The van der Waals surface area contributed by atoms with E-state index in [0.717, 1.165) is 40.7 Å². The van der Waals surface area contributed by atoms with Crippen LogP contribution in [-0.4, -0.2) is 53.1 Å². The largest absolute Gasteiger partial charge is 0.396 e. The number of hydrogen-bond donors (Lipinski definition) is 2. The molecule has 1 amide bonds. The minimum atomic E-state index is -3.56. The van der Waals surface area contributed by atoms with E-state index in [0.29, 0.717) is 18.2 Å². The van der Waals surface area contributed by atoms with Gasteiger partial charge in [-0.25, -0.2) is 13.4 Å². The summed E-state index contributed by atoms with van der Waals surface area (Å²) in [5.74, 6) is 0.229. The first-order valence-electron chi connectivity index (χ1n) is 13.3. The quantitative estimate of drug-likeness (QED) is 0.445. The van der Waals surface area contributed by atoms with Crippen molar-refractivity contribution in [1.29, 1.82) is 0 Å². The van der Waals surface area contributed by atoms with Gasteiger partial charge in [0, 0.05) is 48.8 Å². The van der Waals surface area contributed by atoms with E-state index in [-0.39, 0.29) is 31.2 Å². The Morgan fingerprint density at radius 1 is 1.08 bits per heavy atom. The highest BCUT2D eigenvalue weighted by atomic mass is 32.2. The number of sulfonamides is 1. The molecule has 0 bridgehead atoms. The molecule has 2 aromatic heterocycles. The van der Waals surface area contributed by atoms with Crippen molar-refractivity contribution in [2.45, 2.75) is 51.1 Å². The van der Waals surface area contributed by atoms with Crippen LogP contribution in [-0.2, 0) is 16.6 Å². The maximum Gasteiger partial charge on any atom is 0.269 e. The normalized spacial score (nSPS) is 18.3. The van der Waals surface area contributed by atoms with Crippen LogP contribution in [0.2, 0.25) is 0 Å². The third kappa shape index (κ3) is 5.65. The summed E-state index contributed by atoms with van der Waals surface area (Å²) in [4.78, 5) is 22.3. The van der Waals surface area contributed by atoms with E-state index in [2.05, 4.69) is 10.3 Å². The van der Waals surface area contributed by atoms with Crippen LogP contribution in [0.4, 0.5) is 0 Å². The Balaban J connectivity index is 1.57. The molecule has 2 aliphatic rings. The Labute approximate surface area is 224 Å². The van der Waals surface area contributed by atoms with E-state index in [1.807, 2.05) is 36.4 Å². The Morgan fingerprint density at radius 2 is 1.84 bits per heavy atom. The minimum absolute atomic E-state index is 0.138. The molecule has 0 radical (unpaired) electrons. The standard InChI is InChI=1S/C29H34N4O4S/c1-38(36,37)33-19-24-16-25(29(35)31-17-20-7-3-2-4-8-20)32-28(27(24)26(33)12-14-34)22-10-5-9-21(15-22)23-11-6-13-30-18-23/h5-6,9-11,13,15-16,18,20,26,34H,2-4,7-8,12,14,17,19H2,1H3,(H,31,35)/t26-/m0/s1. The molecule has 0 unspecified atom stereocenters. The average molecular weight is 535 g/mol. The first kappa shape index (κ1) is 26.5. The smallest absolute Gasteiger partial charge is 0.269 e. The van der Waals surface area contributed by atoms with Crippen molar-refractivity contribution in [2.24, 2.45) is 5.92 Å². The van der Waals surface area contributed by atoms with Crippen LogP contribution in [0.1, 0.15) is 66.2 Å². The van der Waals surface area contributed by atoms with Gasteiger partial charge in [0.25, 0.3) is 5.91 Å². The molecule has 1 atom stereocenters. The SMILES string of the molecule is CS(=O)(=O)N1Cc2cc(C(=O)NCC3CCCCC3)nc(-c3cccc(-c4cccnc4)c3)c2[C@@H]1CCO. The zero-order valence-corrected chi connectivity index (χ0v) is 22.5. The molecule has 0 saturated heterocycles. The molecule has 3 aromatic rings. The molecule has 1 aromatic carbocycles. The number of amides is 1. The lowest BCUT2D eigenvalue weighted by atomic mass is 9.89. The van der Waals surface area contributed by atoms with E-state index in [9.17, 15) is 18.3 Å². The predicted octanol–water partition coefficient (Wildman–Crippen LogP) is 4.32. The summed E-state index contributed by atoms with van der Waals surface area (Å²) in [6.07, 6.45) is 10.8. The zero-order chi connectivity index (χ0) is 26.7. The second kappa shape index (κ2) is 11.3. The number of fused-ring (bicyclic) bond motifs is 1. The van der Waals surface area contributed by atoms with Gasteiger partial charge >= 0.3 is 0 Å². The molecule has 9 heteroatoms. The van der Waals surface area contributed by atoms with Gasteiger partial charge in [-0.2, -0.15) is 4.31 Å². The number of rotatable bonds is 8. The van der Waals surface area contributed by atoms with Gasteiger partial charge in [0.1, 0.15) is 5.69 Å². The van der Waals surface area contributed by atoms with Gasteiger partial charge in [0.15, 0.2) is 0 Å². The zero-order valence-electron chi connectivity index (χ0n) is 21.6. The van der Waals surface area contributed by atoms with Gasteiger partial charge in [-0.1, -0.05) is 43.5 Å². The van der Waals surface area contributed by atoms with Crippen molar-refractivity contribution in [1.82, 2.24) is 19.6 Å². The van der Waals surface area contributed by atoms with E-state index in [1.165, 1.54) is 29.8 Å². The van der Waals surface area contributed by atoms with Crippen LogP contribution in [0.5, 0.6) is 0 Å². The minimum Gasteiger partial charge on any atom is -0.396 e. The first-order chi connectivity index (χ1) is 18.3. The Morgan fingerprint density at radius 3 is 2.55 bits per heavy atom. The van der Waals surface area contributed by atoms with Crippen LogP contribution < -0.4 is 5.32 Å². The highest BCUT2D eigenvalue weighted by Gasteiger charge is 2.39. The van der Waals surface area contributed by atoms with Crippen LogP contribution >= 0.6 is 0 Å². The second-order valence-corrected chi connectivity index (χ2v) is 12.2. The molecule has 200 valence electrons. The van der Waals surface area contributed by atoms with Crippen LogP contribution in [0.15, 0.2) is 54.9 Å². The number of hydrogen-bond acceptors (Lipinski definition) is 6. The maximum atomic E-state index is 13.3. The highest BCUT2D eigenvalue weighted by molar-refractivity contribution is 7.88. The Bertz CT molecular complexity index is 1410. The summed E-state index contributed by atoms with van der Waals surface area (Å²) >= 11 is 0. The number of nitrogens with one attached hydrogen (secondary N) is 1. The highest BCUT2D eigenvalue weighted by Crippen LogP contribution is 2.43. The molecular formula is C29H34N4O4S. The average Bonchev–Trinajstić information content (AvgIpc) is 3.31. The second-order valence-electron chi connectivity index (χ2n) is 10.3. The summed E-state index contributed by atoms with van der Waals surface area (Å²) in [6, 6.07) is 12.8. The third-order valence-corrected chi connectivity index (χ3v) is 8.85. The topological polar surface area (TPSA) is 112 Å². The lowest BCUT2D eigenvalue weighted by molar-refractivity contribution is 0.0938. The molecule has 3 heterocycles. The number of aliphatic hydroxyl groups is 1. The van der Waals surface area contributed by atoms with Gasteiger partial charge < -0.3 is 10.4 Å². The van der Waals surface area contributed by atoms with Crippen molar-refractivity contribution in [3.05, 3.63) is 71.7 Å². The van der Waals surface area contributed by atoms with Crippen molar-refractivity contribution >= 4 is 15.9 Å².